The number of hydrogen-bond donors (Lipinski definition) is 4. The number of ether oxygens (including phenoxy) is 1. The Morgan fingerprint density at radius 3 is 2.96 bits per heavy atom. The van der Waals surface area contributed by atoms with Crippen molar-refractivity contribution >= 4 is 33.8 Å². The molecule has 1 aliphatic rings. The van der Waals surface area contributed by atoms with E-state index in [-0.39, 0.29) is 29.4 Å². The second-order valence-electron chi connectivity index (χ2n) is 6.21. The first kappa shape index (κ1) is 16.0. The molecule has 1 unspecified atom stereocenters. The van der Waals surface area contributed by atoms with Crippen LogP contribution in [0, 0.1) is 0 Å². The van der Waals surface area contributed by atoms with Crippen LogP contribution in [0.15, 0.2) is 12.7 Å². The van der Waals surface area contributed by atoms with Crippen molar-refractivity contribution in [3.8, 4) is 0 Å². The lowest BCUT2D eigenvalue weighted by Crippen LogP contribution is -2.43. The summed E-state index contributed by atoms with van der Waals surface area (Å²) >= 11 is 0. The number of carboxylic acids is 1. The average Bonchev–Trinajstić information content (AvgIpc) is 3.21. The summed E-state index contributed by atoms with van der Waals surface area (Å²) < 4.78 is 30.4. The highest BCUT2D eigenvalue weighted by molar-refractivity contribution is 7.96. The van der Waals surface area contributed by atoms with Gasteiger partial charge >= 0.3 is 0 Å². The number of aliphatic hydroxyl groups excluding tert-OH is 2. The number of carboxylic acid groups (broad SMARTS) is 1. The van der Waals surface area contributed by atoms with Gasteiger partial charge in [0.25, 0.3) is 0 Å². The van der Waals surface area contributed by atoms with Gasteiger partial charge in [-0.05, 0) is 10.9 Å². The maximum atomic E-state index is 10.8. The van der Waals surface area contributed by atoms with E-state index in [1.54, 1.807) is 0 Å². The molecule has 2 aromatic heterocycles. The molecule has 1 fully saturated rings. The number of aromatic nitrogens is 4. The monoisotopic (exact) mass is 404 g/mol. The third-order valence-electron chi connectivity index (χ3n) is 4.34. The number of hydrogen-bond acceptors (Lipinski definition) is 10. The quantitative estimate of drug-likeness (QED) is 0.341. The minimum absolute atomic E-state index is 0.0171. The second-order valence-corrected chi connectivity index (χ2v) is 7.93. The summed E-state index contributed by atoms with van der Waals surface area (Å²) in [5, 5.41) is 31.8. The van der Waals surface area contributed by atoms with Gasteiger partial charge in [0.1, 0.15) is 41.7 Å². The molecular weight excluding hydrogens is 376 g/mol. The molecule has 3 rings (SSSR count). The molecule has 27 heavy (non-hydrogen) atoms. The van der Waals surface area contributed by atoms with Gasteiger partial charge in [0.2, 0.25) is 0 Å². The van der Waals surface area contributed by atoms with Gasteiger partial charge in [0.15, 0.2) is 17.7 Å². The molecule has 0 saturated carbocycles. The van der Waals surface area contributed by atoms with Crippen molar-refractivity contribution in [2.75, 3.05) is 23.4 Å². The first-order chi connectivity index (χ1) is 14.0. The van der Waals surface area contributed by atoms with E-state index >= 15 is 0 Å². The summed E-state index contributed by atoms with van der Waals surface area (Å²) in [4.78, 5) is 22.8. The summed E-state index contributed by atoms with van der Waals surface area (Å²) in [6, 6.07) is -1.29. The fraction of sp³-hybridized carbons (Fsp3) is 0.600. The number of anilines is 1. The maximum Gasteiger partial charge on any atom is 0.167 e. The van der Waals surface area contributed by atoms with Crippen LogP contribution in [0.5, 0.6) is 0 Å². The number of nitrogen functional groups attached to an aromatic ring is 1. The summed E-state index contributed by atoms with van der Waals surface area (Å²) in [5.74, 6) is -1.47. The lowest BCUT2D eigenvalue weighted by atomic mass is 10.1. The smallest absolute Gasteiger partial charge is 0.167 e. The molecule has 11 nitrogen and oxygen atoms in total. The Morgan fingerprint density at radius 2 is 2.26 bits per heavy atom. The van der Waals surface area contributed by atoms with Crippen LogP contribution in [0.2, 0.25) is 0 Å². The van der Waals surface area contributed by atoms with Gasteiger partial charge in [-0.3, -0.25) is 4.57 Å². The fourth-order valence-electron chi connectivity index (χ4n) is 2.82. The Balaban J connectivity index is 1.77. The maximum absolute atomic E-state index is 10.8. The number of aliphatic hydroxyl groups is 2. The zero-order chi connectivity index (χ0) is 22.2. The van der Waals surface area contributed by atoms with Gasteiger partial charge in [-0.15, -0.1) is 0 Å². The number of nitrogens with zero attached hydrogens (tertiary/aromatic N) is 4. The van der Waals surface area contributed by atoms with E-state index in [0.717, 1.165) is 0 Å². The molecule has 0 aliphatic carbocycles. The molecular formula is C15H22N6O5S. The summed E-state index contributed by atoms with van der Waals surface area (Å²) in [6.07, 6.45) is -4.79. The molecule has 0 spiro atoms. The SMILES string of the molecule is [3H]C([3H])([3H])[S+](CC[C@H](N)C(=O)[O-])C[C@H]1O[C@@H](n2cnc3c(N)ncnc32)[C@H](O)[C@@H]1O. The standard InChI is InChI=1S/C15H22N6O5S/c1-27(3-2-7(16)15(24)25)4-8-10(22)11(23)14(26-8)21-6-20-9-12(17)18-5-19-13(9)21/h5-8,10-11,14,22-23H,2-4,16H2,1H3,(H2-,17,18,19,24,25)/t7-,8+,10+,11+,14+,27?/m0/s1/i1T3. The van der Waals surface area contributed by atoms with Crippen LogP contribution in [-0.2, 0) is 20.4 Å². The Morgan fingerprint density at radius 1 is 1.48 bits per heavy atom. The normalized spacial score (nSPS) is 29.8. The van der Waals surface area contributed by atoms with Crippen molar-refractivity contribution < 1.29 is 29.0 Å². The molecule has 12 heteroatoms. The summed E-state index contributed by atoms with van der Waals surface area (Å²) in [7, 11) is -1.33. The molecule has 6 N–H and O–H groups in total. The van der Waals surface area contributed by atoms with Crippen LogP contribution >= 0.6 is 0 Å². The number of rotatable bonds is 7. The largest absolute Gasteiger partial charge is 0.548 e. The highest BCUT2D eigenvalue weighted by Gasteiger charge is 2.46. The minimum Gasteiger partial charge on any atom is -0.548 e. The molecule has 148 valence electrons. The van der Waals surface area contributed by atoms with Crippen molar-refractivity contribution in [1.29, 1.82) is 0 Å². The Hall–Kier alpha value is -1.99. The van der Waals surface area contributed by atoms with Crippen molar-refractivity contribution in [3.05, 3.63) is 12.7 Å². The molecule has 6 atom stereocenters. The van der Waals surface area contributed by atoms with E-state index in [4.69, 9.17) is 20.3 Å². The van der Waals surface area contributed by atoms with Gasteiger partial charge in [-0.2, -0.15) is 0 Å². The van der Waals surface area contributed by atoms with Crippen LogP contribution in [0.25, 0.3) is 11.2 Å². The lowest BCUT2D eigenvalue weighted by molar-refractivity contribution is -0.307. The molecule has 1 saturated heterocycles. The van der Waals surface area contributed by atoms with E-state index in [1.165, 1.54) is 17.2 Å². The second kappa shape index (κ2) is 7.94. The zero-order valence-corrected chi connectivity index (χ0v) is 15.0. The third-order valence-corrected chi connectivity index (χ3v) is 5.80. The summed E-state index contributed by atoms with van der Waals surface area (Å²) in [6.45, 7) is 0. The van der Waals surface area contributed by atoms with E-state index in [0.29, 0.717) is 5.52 Å². The van der Waals surface area contributed by atoms with Crippen LogP contribution < -0.4 is 16.6 Å². The van der Waals surface area contributed by atoms with E-state index in [2.05, 4.69) is 15.0 Å². The van der Waals surface area contributed by atoms with Crippen LogP contribution in [0.1, 0.15) is 16.8 Å². The Kier molecular flexibility index (Phi) is 4.71. The molecule has 1 aliphatic heterocycles. The number of aliphatic carboxylic acids is 1. The Bertz CT molecular complexity index is 915. The molecule has 0 amide bonds. The number of nitrogens with two attached hydrogens (primary N) is 2. The van der Waals surface area contributed by atoms with Gasteiger partial charge in [-0.25, -0.2) is 15.0 Å². The van der Waals surface area contributed by atoms with Crippen molar-refractivity contribution in [2.45, 2.75) is 37.0 Å². The lowest BCUT2D eigenvalue weighted by Gasteiger charge is -2.16. The van der Waals surface area contributed by atoms with E-state index in [9.17, 15) is 20.1 Å². The van der Waals surface area contributed by atoms with Crippen LogP contribution in [0.3, 0.4) is 0 Å². The first-order valence-electron chi connectivity index (χ1n) is 9.59. The Labute approximate surface area is 161 Å². The van der Waals surface area contributed by atoms with Crippen LogP contribution in [0.4, 0.5) is 5.82 Å². The number of carbonyl (C=O) groups excluding carboxylic acids is 1. The van der Waals surface area contributed by atoms with Crippen molar-refractivity contribution in [3.63, 3.8) is 0 Å². The van der Waals surface area contributed by atoms with Gasteiger partial charge in [-0.1, -0.05) is 0 Å². The number of fused-ring (bicyclic) bond motifs is 1. The number of imidazole rings is 1. The predicted octanol–water partition coefficient (Wildman–Crippen LogP) is -3.26. The minimum atomic E-state index is -2.42. The topological polar surface area (TPSA) is 185 Å². The highest BCUT2D eigenvalue weighted by atomic mass is 32.2. The fourth-order valence-corrected chi connectivity index (χ4v) is 4.20. The van der Waals surface area contributed by atoms with Crippen LogP contribution in [-0.4, -0.2) is 77.7 Å². The van der Waals surface area contributed by atoms with E-state index < -0.39 is 53.6 Å². The third kappa shape index (κ3) is 3.99. The zero-order valence-electron chi connectivity index (χ0n) is 17.1. The molecule has 0 aromatic carbocycles. The van der Waals surface area contributed by atoms with Crippen molar-refractivity contribution in [1.82, 2.24) is 19.5 Å². The highest BCUT2D eigenvalue weighted by Crippen LogP contribution is 2.32. The average molecular weight is 404 g/mol. The van der Waals surface area contributed by atoms with Gasteiger partial charge in [0, 0.05) is 12.5 Å². The van der Waals surface area contributed by atoms with Gasteiger partial charge < -0.3 is 36.3 Å². The molecule has 0 radical (unpaired) electrons. The number of carbonyl (C=O) groups is 1. The van der Waals surface area contributed by atoms with E-state index in [1.807, 2.05) is 0 Å². The molecule has 3 heterocycles. The predicted molar refractivity (Wildman–Crippen MR) is 96.3 cm³/mol. The summed E-state index contributed by atoms with van der Waals surface area (Å²) in [5.41, 5.74) is 11.8. The molecule has 0 bridgehead atoms. The molecule has 2 aromatic rings. The van der Waals surface area contributed by atoms with Gasteiger partial charge in [0.05, 0.1) is 22.6 Å². The first-order valence-corrected chi connectivity index (χ1v) is 9.65. The van der Waals surface area contributed by atoms with Crippen molar-refractivity contribution in [2.24, 2.45) is 5.73 Å².